The normalized spacial score (nSPS) is 22.3. The molecule has 0 aromatic heterocycles. The Morgan fingerprint density at radius 3 is 1.83 bits per heavy atom. The maximum Gasteiger partial charge on any atom is 0.397 e. The van der Waals surface area contributed by atoms with Crippen molar-refractivity contribution in [3.8, 4) is 0 Å². The monoisotopic (exact) mass is 763 g/mol. The maximum atomic E-state index is 12.9. The van der Waals surface area contributed by atoms with Crippen molar-refractivity contribution in [2.75, 3.05) is 13.2 Å². The van der Waals surface area contributed by atoms with Crippen molar-refractivity contribution in [1.82, 2.24) is 5.32 Å². The van der Waals surface area contributed by atoms with Gasteiger partial charge in [0.1, 0.15) is 24.4 Å². The van der Waals surface area contributed by atoms with Gasteiger partial charge in [-0.3, -0.25) is 9.35 Å². The van der Waals surface area contributed by atoms with Crippen LogP contribution in [-0.4, -0.2) is 95.4 Å². The Morgan fingerprint density at radius 2 is 1.29 bits per heavy atom. The number of aliphatic hydroxyl groups excluding tert-OH is 4. The first-order chi connectivity index (χ1) is 25.0. The Balaban J connectivity index is 2.63. The van der Waals surface area contributed by atoms with Crippen LogP contribution in [0.5, 0.6) is 0 Å². The summed E-state index contributed by atoms with van der Waals surface area (Å²) in [4.78, 5) is 12.9. The first kappa shape index (κ1) is 48.6. The van der Waals surface area contributed by atoms with Gasteiger partial charge in [0.15, 0.2) is 6.29 Å². The summed E-state index contributed by atoms with van der Waals surface area (Å²) in [5.74, 6) is -0.299. The standard InChI is InChI=1S/C39H73NO11S/c1-3-5-7-9-11-13-15-17-19-21-23-25-27-29-35(43)40-32(33(42)28-26-24-22-20-18-16-14-12-10-8-6-4-2)31-49-39-37(45)38(51-52(46,47)48)36(44)34(30-41)50-39/h17,19,23,25,32-34,36-39,41-42,44-45H,3-16,18,20-22,24,26-31H2,1-2H3,(H,40,43)(H,46,47,48)/b19-17-,25-23-. The van der Waals surface area contributed by atoms with E-state index in [1.165, 1.54) is 89.9 Å². The molecule has 7 unspecified atom stereocenters. The predicted octanol–water partition coefficient (Wildman–Crippen LogP) is 6.60. The van der Waals surface area contributed by atoms with Gasteiger partial charge in [-0.05, 0) is 32.1 Å². The van der Waals surface area contributed by atoms with Crippen molar-refractivity contribution in [3.63, 3.8) is 0 Å². The van der Waals surface area contributed by atoms with E-state index in [4.69, 9.17) is 14.0 Å². The highest BCUT2D eigenvalue weighted by Gasteiger charge is 2.48. The minimum atomic E-state index is -5.08. The summed E-state index contributed by atoms with van der Waals surface area (Å²) in [6.45, 7) is 3.36. The third kappa shape index (κ3) is 24.1. The molecule has 306 valence electrons. The Labute approximate surface area is 314 Å². The van der Waals surface area contributed by atoms with E-state index in [2.05, 4.69) is 35.5 Å². The molecule has 0 bridgehead atoms. The van der Waals surface area contributed by atoms with E-state index in [9.17, 15) is 33.6 Å². The van der Waals surface area contributed by atoms with Crippen molar-refractivity contribution in [2.24, 2.45) is 0 Å². The smallest absolute Gasteiger partial charge is 0.394 e. The van der Waals surface area contributed by atoms with E-state index >= 15 is 0 Å². The van der Waals surface area contributed by atoms with Gasteiger partial charge in [0.25, 0.3) is 0 Å². The number of hydrogen-bond acceptors (Lipinski definition) is 10. The SMILES string of the molecule is CCCCCCCC/C=C\C/C=C\CCC(=O)NC(COC1OC(CO)C(O)C(OS(=O)(=O)O)C1O)C(O)CCCCCCCCCCCCCC. The Kier molecular flexibility index (Phi) is 28.8. The van der Waals surface area contributed by atoms with Crippen LogP contribution in [-0.2, 0) is 28.9 Å². The molecular weight excluding hydrogens is 690 g/mol. The van der Waals surface area contributed by atoms with Gasteiger partial charge < -0.3 is 35.2 Å². The number of hydrogen-bond donors (Lipinski definition) is 6. The van der Waals surface area contributed by atoms with E-state index in [-0.39, 0.29) is 18.9 Å². The molecule has 0 aromatic carbocycles. The van der Waals surface area contributed by atoms with Crippen LogP contribution in [0.2, 0.25) is 0 Å². The maximum absolute atomic E-state index is 12.9. The van der Waals surface area contributed by atoms with Crippen LogP contribution >= 0.6 is 0 Å². The molecule has 1 rings (SSSR count). The number of unbranched alkanes of at least 4 members (excludes halogenated alkanes) is 17. The lowest BCUT2D eigenvalue weighted by Gasteiger charge is -2.41. The number of rotatable bonds is 33. The fourth-order valence-electron chi connectivity index (χ4n) is 6.33. The molecule has 7 atom stereocenters. The molecule has 1 fully saturated rings. The minimum Gasteiger partial charge on any atom is -0.394 e. The van der Waals surface area contributed by atoms with Crippen LogP contribution in [0.25, 0.3) is 0 Å². The van der Waals surface area contributed by atoms with Crippen LogP contribution < -0.4 is 5.32 Å². The van der Waals surface area contributed by atoms with Crippen LogP contribution in [0, 0.1) is 0 Å². The second-order valence-corrected chi connectivity index (χ2v) is 15.3. The van der Waals surface area contributed by atoms with Crippen LogP contribution in [0.4, 0.5) is 0 Å². The summed E-state index contributed by atoms with van der Waals surface area (Å²) >= 11 is 0. The summed E-state index contributed by atoms with van der Waals surface area (Å²) in [6.07, 6.45) is 23.5. The van der Waals surface area contributed by atoms with Gasteiger partial charge >= 0.3 is 10.4 Å². The summed E-state index contributed by atoms with van der Waals surface area (Å²) in [6, 6.07) is -0.884. The Morgan fingerprint density at radius 1 is 0.769 bits per heavy atom. The third-order valence-electron chi connectivity index (χ3n) is 9.53. The molecule has 1 heterocycles. The van der Waals surface area contributed by atoms with Gasteiger partial charge in [-0.1, -0.05) is 147 Å². The molecule has 0 radical (unpaired) electrons. The largest absolute Gasteiger partial charge is 0.397 e. The molecule has 1 saturated heterocycles. The van der Waals surface area contributed by atoms with Crippen molar-refractivity contribution in [3.05, 3.63) is 24.3 Å². The predicted molar refractivity (Wildman–Crippen MR) is 204 cm³/mol. The Hall–Kier alpha value is -1.42. The fourth-order valence-corrected chi connectivity index (χ4v) is 6.84. The number of aliphatic hydroxyl groups is 4. The Bertz CT molecular complexity index is 1040. The first-order valence-electron chi connectivity index (χ1n) is 20.2. The highest BCUT2D eigenvalue weighted by Crippen LogP contribution is 2.26. The zero-order chi connectivity index (χ0) is 38.5. The van der Waals surface area contributed by atoms with Gasteiger partial charge in [-0.15, -0.1) is 0 Å². The number of nitrogens with one attached hydrogen (secondary N) is 1. The first-order valence-corrected chi connectivity index (χ1v) is 21.6. The second-order valence-electron chi connectivity index (χ2n) is 14.2. The fraction of sp³-hybridized carbons (Fsp3) is 0.872. The number of carbonyl (C=O) groups excluding carboxylic acids is 1. The zero-order valence-electron chi connectivity index (χ0n) is 32.1. The number of amides is 1. The highest BCUT2D eigenvalue weighted by atomic mass is 32.3. The van der Waals surface area contributed by atoms with Crippen molar-refractivity contribution < 1.29 is 51.8 Å². The summed E-state index contributed by atoms with van der Waals surface area (Å²) in [5, 5.41) is 44.5. The second kappa shape index (κ2) is 30.9. The lowest BCUT2D eigenvalue weighted by molar-refractivity contribution is -0.298. The molecule has 1 amide bonds. The van der Waals surface area contributed by atoms with Gasteiger partial charge in [-0.25, -0.2) is 4.18 Å². The molecule has 12 nitrogen and oxygen atoms in total. The molecular formula is C39H73NO11S. The number of allylic oxidation sites excluding steroid dienone is 4. The lowest BCUT2D eigenvalue weighted by Crippen LogP contribution is -2.61. The summed E-state index contributed by atoms with van der Waals surface area (Å²) in [7, 11) is -5.08. The highest BCUT2D eigenvalue weighted by molar-refractivity contribution is 7.80. The van der Waals surface area contributed by atoms with Crippen molar-refractivity contribution >= 4 is 16.3 Å². The van der Waals surface area contributed by atoms with Crippen LogP contribution in [0.1, 0.15) is 162 Å². The molecule has 0 saturated carbocycles. The molecule has 13 heteroatoms. The van der Waals surface area contributed by atoms with E-state index in [0.717, 1.165) is 38.5 Å². The molecule has 0 aromatic rings. The summed E-state index contributed by atoms with van der Waals surface area (Å²) < 4.78 is 47.4. The van der Waals surface area contributed by atoms with E-state index in [1.807, 2.05) is 12.2 Å². The van der Waals surface area contributed by atoms with Crippen molar-refractivity contribution in [1.29, 1.82) is 0 Å². The van der Waals surface area contributed by atoms with Gasteiger partial charge in [0.05, 0.1) is 25.4 Å². The molecule has 0 spiro atoms. The zero-order valence-corrected chi connectivity index (χ0v) is 32.9. The lowest BCUT2D eigenvalue weighted by atomic mass is 9.99. The quantitative estimate of drug-likeness (QED) is 0.0240. The molecule has 6 N–H and O–H groups in total. The van der Waals surface area contributed by atoms with Crippen LogP contribution in [0.3, 0.4) is 0 Å². The van der Waals surface area contributed by atoms with E-state index in [0.29, 0.717) is 12.8 Å². The third-order valence-corrected chi connectivity index (χ3v) is 9.99. The van der Waals surface area contributed by atoms with E-state index < -0.39 is 59.9 Å². The average Bonchev–Trinajstić information content (AvgIpc) is 3.11. The molecule has 52 heavy (non-hydrogen) atoms. The van der Waals surface area contributed by atoms with Gasteiger partial charge in [-0.2, -0.15) is 8.42 Å². The van der Waals surface area contributed by atoms with Gasteiger partial charge in [0, 0.05) is 6.42 Å². The molecule has 0 aliphatic carbocycles. The topological polar surface area (TPSA) is 192 Å². The summed E-state index contributed by atoms with van der Waals surface area (Å²) in [5.41, 5.74) is 0. The van der Waals surface area contributed by atoms with E-state index in [1.54, 1.807) is 0 Å². The number of ether oxygens (including phenoxy) is 2. The molecule has 1 aliphatic rings. The number of carbonyl (C=O) groups is 1. The van der Waals surface area contributed by atoms with Crippen molar-refractivity contribution in [2.45, 2.75) is 204 Å². The van der Waals surface area contributed by atoms with Crippen LogP contribution in [0.15, 0.2) is 24.3 Å². The minimum absolute atomic E-state index is 0.186. The average molecular weight is 764 g/mol. The molecule has 1 aliphatic heterocycles. The van der Waals surface area contributed by atoms with Gasteiger partial charge in [0.2, 0.25) is 5.91 Å².